The number of hydrogen-bond acceptors (Lipinski definition) is 7. The van der Waals surface area contributed by atoms with Crippen molar-refractivity contribution in [3.05, 3.63) is 69.7 Å². The van der Waals surface area contributed by atoms with E-state index in [-0.39, 0.29) is 0 Å². The van der Waals surface area contributed by atoms with E-state index in [4.69, 9.17) is 16.3 Å². The van der Waals surface area contributed by atoms with E-state index in [1.165, 1.54) is 7.11 Å². The smallest absolute Gasteiger partial charge is 0.113 e. The van der Waals surface area contributed by atoms with Crippen molar-refractivity contribution < 1.29 is 30.0 Å². The van der Waals surface area contributed by atoms with E-state index in [9.17, 15) is 20.4 Å². The summed E-state index contributed by atoms with van der Waals surface area (Å²) >= 11 is 6.38. The Bertz CT molecular complexity index is 857. The third kappa shape index (κ3) is 5.18. The lowest BCUT2D eigenvalue weighted by atomic mass is 9.90. The fourth-order valence-electron chi connectivity index (χ4n) is 3.51. The highest BCUT2D eigenvalue weighted by molar-refractivity contribution is 6.31. The van der Waals surface area contributed by atoms with Gasteiger partial charge in [-0.05, 0) is 34.7 Å². The maximum Gasteiger partial charge on any atom is 0.113 e. The first-order chi connectivity index (χ1) is 14.4. The number of halogens is 1. The maximum atomic E-state index is 10.4. The molecule has 2 aromatic carbocycles. The summed E-state index contributed by atoms with van der Waals surface area (Å²) in [4.78, 5) is 4.66. The molecule has 30 heavy (non-hydrogen) atoms. The fourth-order valence-corrected chi connectivity index (χ4v) is 3.70. The molecule has 1 aliphatic heterocycles. The zero-order valence-electron chi connectivity index (χ0n) is 16.6. The molecule has 1 heterocycles. The van der Waals surface area contributed by atoms with Gasteiger partial charge >= 0.3 is 0 Å². The number of rotatable bonds is 7. The predicted octanol–water partition coefficient (Wildman–Crippen LogP) is 1.62. The van der Waals surface area contributed by atoms with Crippen molar-refractivity contribution in [2.75, 3.05) is 13.7 Å². The largest absolute Gasteiger partial charge is 0.399 e. The van der Waals surface area contributed by atoms with Gasteiger partial charge in [0.15, 0.2) is 0 Å². The zero-order valence-corrected chi connectivity index (χ0v) is 17.3. The van der Waals surface area contributed by atoms with E-state index in [1.54, 1.807) is 18.3 Å². The highest BCUT2D eigenvalue weighted by atomic mass is 35.5. The van der Waals surface area contributed by atoms with Gasteiger partial charge in [-0.25, -0.2) is 0 Å². The molecular formula is C22H26ClNO6. The Labute approximate surface area is 180 Å². The van der Waals surface area contributed by atoms with Gasteiger partial charge in [-0.3, -0.25) is 0 Å². The number of hydrogen-bond donors (Lipinski definition) is 4. The minimum absolute atomic E-state index is 0.469. The van der Waals surface area contributed by atoms with Crippen molar-refractivity contribution >= 4 is 17.8 Å². The molecule has 0 amide bonds. The van der Waals surface area contributed by atoms with Gasteiger partial charge in [-0.2, -0.15) is 0 Å². The molecule has 3 rings (SSSR count). The van der Waals surface area contributed by atoms with Crippen LogP contribution in [0.1, 0.15) is 28.4 Å². The SMILES string of the molecule is CON=CCc1ccc(Cc2cc(C3OC(CO)C(O)C(O)C3O)ccc2Cl)cc1. The Morgan fingerprint density at radius 3 is 2.40 bits per heavy atom. The first-order valence-corrected chi connectivity index (χ1v) is 10.0. The van der Waals surface area contributed by atoms with Gasteiger partial charge < -0.3 is 30.0 Å². The summed E-state index contributed by atoms with van der Waals surface area (Å²) in [5.74, 6) is 0. The molecule has 162 valence electrons. The quantitative estimate of drug-likeness (QED) is 0.388. The minimum Gasteiger partial charge on any atom is -0.399 e. The van der Waals surface area contributed by atoms with Gasteiger partial charge in [0.25, 0.3) is 0 Å². The van der Waals surface area contributed by atoms with Gasteiger partial charge in [-0.1, -0.05) is 53.2 Å². The summed E-state index contributed by atoms with van der Waals surface area (Å²) in [6.45, 7) is -0.469. The van der Waals surface area contributed by atoms with Crippen LogP contribution in [-0.2, 0) is 22.4 Å². The second kappa shape index (κ2) is 10.3. The molecule has 0 spiro atoms. The molecule has 2 aromatic rings. The minimum atomic E-state index is -1.42. The zero-order chi connectivity index (χ0) is 21.7. The van der Waals surface area contributed by atoms with Crippen LogP contribution in [0.15, 0.2) is 47.6 Å². The van der Waals surface area contributed by atoms with Crippen LogP contribution in [0.3, 0.4) is 0 Å². The predicted molar refractivity (Wildman–Crippen MR) is 113 cm³/mol. The van der Waals surface area contributed by atoms with Gasteiger partial charge in [0, 0.05) is 17.7 Å². The molecule has 1 fully saturated rings. The van der Waals surface area contributed by atoms with Crippen LogP contribution in [0.2, 0.25) is 5.02 Å². The van der Waals surface area contributed by atoms with Crippen LogP contribution in [0.5, 0.6) is 0 Å². The average molecular weight is 436 g/mol. The maximum absolute atomic E-state index is 10.4. The van der Waals surface area contributed by atoms with Crippen molar-refractivity contribution in [3.8, 4) is 0 Å². The Kier molecular flexibility index (Phi) is 7.82. The normalized spacial score (nSPS) is 26.8. The molecule has 5 atom stereocenters. The molecule has 0 bridgehead atoms. The standard InChI is InChI=1S/C22H26ClNO6/c1-29-24-9-8-13-2-4-14(5-3-13)10-16-11-15(6-7-17(16)23)22-21(28)20(27)19(26)18(12-25)30-22/h2-7,9,11,18-22,25-28H,8,10,12H2,1H3. The van der Waals surface area contributed by atoms with E-state index in [1.807, 2.05) is 30.3 Å². The van der Waals surface area contributed by atoms with Gasteiger partial charge in [-0.15, -0.1) is 0 Å². The van der Waals surface area contributed by atoms with Crippen molar-refractivity contribution in [1.82, 2.24) is 0 Å². The molecule has 0 aliphatic carbocycles. The molecule has 1 saturated heterocycles. The van der Waals surface area contributed by atoms with E-state index in [0.717, 1.165) is 16.7 Å². The second-order valence-electron chi connectivity index (χ2n) is 7.27. The molecule has 1 aliphatic rings. The topological polar surface area (TPSA) is 112 Å². The molecule has 8 heteroatoms. The number of aliphatic hydroxyl groups is 4. The lowest BCUT2D eigenvalue weighted by Gasteiger charge is -2.40. The number of oxime groups is 1. The van der Waals surface area contributed by atoms with E-state index in [0.29, 0.717) is 23.4 Å². The average Bonchev–Trinajstić information content (AvgIpc) is 2.75. The van der Waals surface area contributed by atoms with Gasteiger partial charge in [0.05, 0.1) is 6.61 Å². The highest BCUT2D eigenvalue weighted by Crippen LogP contribution is 2.34. The Hall–Kier alpha value is -2.00. The summed E-state index contributed by atoms with van der Waals surface area (Å²) in [5, 5.41) is 44.1. The number of nitrogens with zero attached hydrogens (tertiary/aromatic N) is 1. The third-order valence-corrected chi connectivity index (χ3v) is 5.58. The number of benzene rings is 2. The summed E-state index contributed by atoms with van der Waals surface area (Å²) in [7, 11) is 1.50. The molecule has 4 N–H and O–H groups in total. The molecule has 0 radical (unpaired) electrons. The Morgan fingerprint density at radius 2 is 1.73 bits per heavy atom. The van der Waals surface area contributed by atoms with Crippen molar-refractivity contribution in [2.24, 2.45) is 5.16 Å². The van der Waals surface area contributed by atoms with Crippen molar-refractivity contribution in [3.63, 3.8) is 0 Å². The van der Waals surface area contributed by atoms with Crippen LogP contribution < -0.4 is 0 Å². The van der Waals surface area contributed by atoms with Crippen LogP contribution in [0.4, 0.5) is 0 Å². The van der Waals surface area contributed by atoms with Crippen molar-refractivity contribution in [2.45, 2.75) is 43.4 Å². The lowest BCUT2D eigenvalue weighted by molar-refractivity contribution is -0.231. The third-order valence-electron chi connectivity index (χ3n) is 5.22. The molecule has 7 nitrogen and oxygen atoms in total. The molecular weight excluding hydrogens is 410 g/mol. The van der Waals surface area contributed by atoms with Crippen LogP contribution in [0.25, 0.3) is 0 Å². The summed E-state index contributed by atoms with van der Waals surface area (Å²) in [6, 6.07) is 13.3. The first kappa shape index (κ1) is 22.7. The second-order valence-corrected chi connectivity index (χ2v) is 7.68. The monoisotopic (exact) mass is 435 g/mol. The highest BCUT2D eigenvalue weighted by Gasteiger charge is 2.43. The van der Waals surface area contributed by atoms with Crippen LogP contribution in [0, 0.1) is 0 Å². The summed E-state index contributed by atoms with van der Waals surface area (Å²) in [5.41, 5.74) is 3.59. The van der Waals surface area contributed by atoms with Gasteiger partial charge in [0.2, 0.25) is 0 Å². The lowest BCUT2D eigenvalue weighted by Crippen LogP contribution is -2.55. The van der Waals surface area contributed by atoms with Crippen molar-refractivity contribution in [1.29, 1.82) is 0 Å². The summed E-state index contributed by atoms with van der Waals surface area (Å²) in [6.07, 6.45) is -3.06. The number of aliphatic hydroxyl groups excluding tert-OH is 4. The van der Waals surface area contributed by atoms with Gasteiger partial charge in [0.1, 0.15) is 37.6 Å². The first-order valence-electron chi connectivity index (χ1n) is 9.66. The molecule has 0 saturated carbocycles. The fraction of sp³-hybridized carbons (Fsp3) is 0.409. The number of ether oxygens (including phenoxy) is 1. The molecule has 5 unspecified atom stereocenters. The van der Waals surface area contributed by atoms with Crippen LogP contribution in [-0.4, -0.2) is 64.8 Å². The van der Waals surface area contributed by atoms with E-state index < -0.39 is 37.1 Å². The Balaban J connectivity index is 1.77. The Morgan fingerprint density at radius 1 is 1.03 bits per heavy atom. The van der Waals surface area contributed by atoms with Crippen LogP contribution >= 0.6 is 11.6 Å². The van der Waals surface area contributed by atoms with E-state index >= 15 is 0 Å². The molecule has 0 aromatic heterocycles. The van der Waals surface area contributed by atoms with E-state index in [2.05, 4.69) is 9.99 Å². The summed E-state index contributed by atoms with van der Waals surface area (Å²) < 4.78 is 5.65.